The first-order valence-electron chi connectivity index (χ1n) is 7.35. The van der Waals surface area contributed by atoms with Gasteiger partial charge >= 0.3 is 5.97 Å². The molecule has 0 aliphatic heterocycles. The van der Waals surface area contributed by atoms with E-state index in [0.717, 1.165) is 12.3 Å². The number of hydrogen-bond donors (Lipinski definition) is 2. The Kier molecular flexibility index (Phi) is 5.41. The van der Waals surface area contributed by atoms with Gasteiger partial charge in [0.05, 0.1) is 0 Å². The molecule has 1 saturated carbocycles. The van der Waals surface area contributed by atoms with Crippen LogP contribution < -0.4 is 10.5 Å². The Morgan fingerprint density at radius 2 is 1.90 bits per heavy atom. The molecule has 1 aromatic rings. The Hall–Kier alpha value is -1.55. The Balaban J connectivity index is 1.81. The standard InChI is InChI=1S/C16H23NO3/c17-15(16(18)19)11-20-14-8-6-13(7-9-14)10-12-4-2-1-3-5-12/h6-9,12,15H,1-5,10-11,17H2,(H,18,19). The fraction of sp³-hybridized carbons (Fsp3) is 0.562. The van der Waals surface area contributed by atoms with E-state index in [-0.39, 0.29) is 6.61 Å². The molecule has 20 heavy (non-hydrogen) atoms. The van der Waals surface area contributed by atoms with E-state index < -0.39 is 12.0 Å². The third-order valence-electron chi connectivity index (χ3n) is 3.92. The first-order valence-corrected chi connectivity index (χ1v) is 7.35. The minimum absolute atomic E-state index is 0.00267. The summed E-state index contributed by atoms with van der Waals surface area (Å²) in [5, 5.41) is 8.68. The third-order valence-corrected chi connectivity index (χ3v) is 3.92. The molecule has 2 rings (SSSR count). The summed E-state index contributed by atoms with van der Waals surface area (Å²) >= 11 is 0. The average Bonchev–Trinajstić information content (AvgIpc) is 2.47. The van der Waals surface area contributed by atoms with Gasteiger partial charge < -0.3 is 15.6 Å². The summed E-state index contributed by atoms with van der Waals surface area (Å²) in [5.41, 5.74) is 6.72. The summed E-state index contributed by atoms with van der Waals surface area (Å²) in [6, 6.07) is 6.95. The SMILES string of the molecule is NC(COc1ccc(CC2CCCCC2)cc1)C(=O)O. The van der Waals surface area contributed by atoms with Gasteiger partial charge in [0, 0.05) is 0 Å². The molecule has 1 aliphatic rings. The van der Waals surface area contributed by atoms with Crippen molar-refractivity contribution in [3.8, 4) is 5.75 Å². The minimum atomic E-state index is -1.04. The molecule has 4 nitrogen and oxygen atoms in total. The number of carbonyl (C=O) groups is 1. The first-order chi connectivity index (χ1) is 9.65. The van der Waals surface area contributed by atoms with Crippen LogP contribution in [0, 0.1) is 5.92 Å². The minimum Gasteiger partial charge on any atom is -0.491 e. The first kappa shape index (κ1) is 14.9. The topological polar surface area (TPSA) is 72.5 Å². The summed E-state index contributed by atoms with van der Waals surface area (Å²) < 4.78 is 5.37. The van der Waals surface area contributed by atoms with Crippen molar-refractivity contribution in [2.75, 3.05) is 6.61 Å². The maximum atomic E-state index is 10.6. The number of rotatable bonds is 6. The van der Waals surface area contributed by atoms with Gasteiger partial charge in [0.1, 0.15) is 18.4 Å². The van der Waals surface area contributed by atoms with Gasteiger partial charge in [-0.15, -0.1) is 0 Å². The van der Waals surface area contributed by atoms with Crippen LogP contribution in [-0.2, 0) is 11.2 Å². The summed E-state index contributed by atoms with van der Waals surface area (Å²) in [4.78, 5) is 10.6. The smallest absolute Gasteiger partial charge is 0.324 e. The van der Waals surface area contributed by atoms with Crippen LogP contribution in [0.4, 0.5) is 0 Å². The van der Waals surface area contributed by atoms with Crippen molar-refractivity contribution in [3.63, 3.8) is 0 Å². The zero-order valence-electron chi connectivity index (χ0n) is 11.8. The van der Waals surface area contributed by atoms with Crippen LogP contribution in [0.1, 0.15) is 37.7 Å². The average molecular weight is 277 g/mol. The number of ether oxygens (including phenoxy) is 1. The molecule has 1 unspecified atom stereocenters. The van der Waals surface area contributed by atoms with Gasteiger partial charge in [0.25, 0.3) is 0 Å². The van der Waals surface area contributed by atoms with Gasteiger partial charge in [0.15, 0.2) is 0 Å². The molecule has 1 aliphatic carbocycles. The van der Waals surface area contributed by atoms with E-state index in [9.17, 15) is 4.79 Å². The maximum absolute atomic E-state index is 10.6. The number of carboxylic acids is 1. The van der Waals surface area contributed by atoms with E-state index in [2.05, 4.69) is 12.1 Å². The molecule has 0 radical (unpaired) electrons. The van der Waals surface area contributed by atoms with Gasteiger partial charge in [0.2, 0.25) is 0 Å². The summed E-state index contributed by atoms with van der Waals surface area (Å²) in [7, 11) is 0. The molecule has 1 fully saturated rings. The Morgan fingerprint density at radius 1 is 1.25 bits per heavy atom. The van der Waals surface area contributed by atoms with Crippen molar-refractivity contribution in [1.82, 2.24) is 0 Å². The summed E-state index contributed by atoms with van der Waals surface area (Å²) in [6.45, 7) is -0.00267. The van der Waals surface area contributed by atoms with Crippen LogP contribution in [0.15, 0.2) is 24.3 Å². The highest BCUT2D eigenvalue weighted by Crippen LogP contribution is 2.27. The van der Waals surface area contributed by atoms with E-state index in [1.807, 2.05) is 12.1 Å². The maximum Gasteiger partial charge on any atom is 0.324 e. The molecule has 0 saturated heterocycles. The highest BCUT2D eigenvalue weighted by molar-refractivity contribution is 5.73. The Labute approximate surface area is 119 Å². The predicted molar refractivity (Wildman–Crippen MR) is 77.8 cm³/mol. The molecule has 1 atom stereocenters. The van der Waals surface area contributed by atoms with Gasteiger partial charge in [-0.1, -0.05) is 44.2 Å². The van der Waals surface area contributed by atoms with E-state index >= 15 is 0 Å². The normalized spacial score (nSPS) is 17.6. The van der Waals surface area contributed by atoms with Crippen molar-refractivity contribution in [2.24, 2.45) is 11.7 Å². The highest BCUT2D eigenvalue weighted by Gasteiger charge is 2.14. The van der Waals surface area contributed by atoms with Gasteiger partial charge in [-0.05, 0) is 30.0 Å². The van der Waals surface area contributed by atoms with E-state index in [0.29, 0.717) is 5.75 Å². The Morgan fingerprint density at radius 3 is 2.50 bits per heavy atom. The fourth-order valence-corrected chi connectivity index (χ4v) is 2.70. The number of nitrogens with two attached hydrogens (primary N) is 1. The second kappa shape index (κ2) is 7.29. The lowest BCUT2D eigenvalue weighted by atomic mass is 9.85. The number of carboxylic acid groups (broad SMARTS) is 1. The van der Waals surface area contributed by atoms with Crippen LogP contribution in [0.3, 0.4) is 0 Å². The molecule has 110 valence electrons. The van der Waals surface area contributed by atoms with Crippen LogP contribution in [0.2, 0.25) is 0 Å². The van der Waals surface area contributed by atoms with Crippen LogP contribution in [0.5, 0.6) is 5.75 Å². The van der Waals surface area contributed by atoms with Crippen molar-refractivity contribution in [2.45, 2.75) is 44.6 Å². The molecule has 0 heterocycles. The largest absolute Gasteiger partial charge is 0.491 e. The summed E-state index contributed by atoms with van der Waals surface area (Å²) in [5.74, 6) is 0.448. The lowest BCUT2D eigenvalue weighted by Crippen LogP contribution is -2.36. The van der Waals surface area contributed by atoms with E-state index in [1.54, 1.807) is 0 Å². The zero-order valence-corrected chi connectivity index (χ0v) is 11.8. The molecule has 0 spiro atoms. The molecule has 1 aromatic carbocycles. The lowest BCUT2D eigenvalue weighted by molar-refractivity contribution is -0.139. The zero-order chi connectivity index (χ0) is 14.4. The molecule has 4 heteroatoms. The molecular weight excluding hydrogens is 254 g/mol. The molecule has 0 amide bonds. The number of aliphatic carboxylic acids is 1. The fourth-order valence-electron chi connectivity index (χ4n) is 2.70. The van der Waals surface area contributed by atoms with Crippen LogP contribution in [-0.4, -0.2) is 23.7 Å². The lowest BCUT2D eigenvalue weighted by Gasteiger charge is -2.21. The van der Waals surface area contributed by atoms with Crippen molar-refractivity contribution < 1.29 is 14.6 Å². The summed E-state index contributed by atoms with van der Waals surface area (Å²) in [6.07, 6.45) is 7.91. The quantitative estimate of drug-likeness (QED) is 0.838. The molecule has 0 bridgehead atoms. The van der Waals surface area contributed by atoms with Gasteiger partial charge in [-0.2, -0.15) is 0 Å². The Bertz CT molecular complexity index is 424. The highest BCUT2D eigenvalue weighted by atomic mass is 16.5. The van der Waals surface area contributed by atoms with Gasteiger partial charge in [-0.25, -0.2) is 0 Å². The monoisotopic (exact) mass is 277 g/mol. The van der Waals surface area contributed by atoms with E-state index in [4.69, 9.17) is 15.6 Å². The molecule has 0 aromatic heterocycles. The van der Waals surface area contributed by atoms with Gasteiger partial charge in [-0.3, -0.25) is 4.79 Å². The number of benzene rings is 1. The number of hydrogen-bond acceptors (Lipinski definition) is 3. The second-order valence-corrected chi connectivity index (χ2v) is 5.61. The second-order valence-electron chi connectivity index (χ2n) is 5.61. The molecular formula is C16H23NO3. The van der Waals surface area contributed by atoms with Crippen molar-refractivity contribution in [1.29, 1.82) is 0 Å². The van der Waals surface area contributed by atoms with Crippen LogP contribution >= 0.6 is 0 Å². The van der Waals surface area contributed by atoms with Crippen molar-refractivity contribution in [3.05, 3.63) is 29.8 Å². The predicted octanol–water partition coefficient (Wildman–Crippen LogP) is 2.60. The third kappa shape index (κ3) is 4.53. The van der Waals surface area contributed by atoms with Crippen molar-refractivity contribution >= 4 is 5.97 Å². The van der Waals surface area contributed by atoms with Crippen LogP contribution in [0.25, 0.3) is 0 Å². The molecule has 3 N–H and O–H groups in total. The van der Waals surface area contributed by atoms with E-state index in [1.165, 1.54) is 37.7 Å².